The van der Waals surface area contributed by atoms with Gasteiger partial charge in [-0.05, 0) is 51.9 Å². The zero-order valence-electron chi connectivity index (χ0n) is 16.4. The van der Waals surface area contributed by atoms with Crippen LogP contribution in [-0.4, -0.2) is 54.9 Å². The fourth-order valence-corrected chi connectivity index (χ4v) is 2.64. The maximum atomic E-state index is 11.8. The molecule has 0 bridgehead atoms. The zero-order valence-corrected chi connectivity index (χ0v) is 17.2. The molecule has 1 aromatic carbocycles. The van der Waals surface area contributed by atoms with Crippen molar-refractivity contribution in [2.45, 2.75) is 32.8 Å². The molecule has 2 rings (SSSR count). The molecule has 0 aliphatic carbocycles. The minimum atomic E-state index is -0.468. The zero-order chi connectivity index (χ0) is 19.9. The number of amides is 1. The Kier molecular flexibility index (Phi) is 7.68. The number of carbonyl (C=O) groups is 1. The van der Waals surface area contributed by atoms with Gasteiger partial charge in [0.05, 0.1) is 10.5 Å². The molecule has 7 heteroatoms. The number of hydrogen-bond acceptors (Lipinski definition) is 5. The third kappa shape index (κ3) is 7.23. The molecule has 1 N–H and O–H groups in total. The quantitative estimate of drug-likeness (QED) is 0.683. The molecule has 148 valence electrons. The Morgan fingerprint density at radius 1 is 1.26 bits per heavy atom. The number of ether oxygens (including phenoxy) is 2. The average Bonchev–Trinajstić information content (AvgIpc) is 2.59. The lowest BCUT2D eigenvalue weighted by molar-refractivity contribution is 0.0297. The van der Waals surface area contributed by atoms with Gasteiger partial charge < -0.3 is 19.7 Å². The number of hydrogen-bond donors (Lipinski definition) is 1. The van der Waals surface area contributed by atoms with Gasteiger partial charge in [0.25, 0.3) is 0 Å². The van der Waals surface area contributed by atoms with Crippen LogP contribution in [0.5, 0.6) is 5.75 Å². The molecule has 0 aliphatic rings. The van der Waals surface area contributed by atoms with Crippen molar-refractivity contribution in [2.24, 2.45) is 0 Å². The number of nitrogens with zero attached hydrogens (tertiary/aromatic N) is 2. The Balaban J connectivity index is 1.62. The maximum Gasteiger partial charge on any atom is 0.410 e. The highest BCUT2D eigenvalue weighted by atomic mass is 35.5. The highest BCUT2D eigenvalue weighted by Crippen LogP contribution is 2.25. The number of rotatable bonds is 8. The van der Waals surface area contributed by atoms with Gasteiger partial charge in [0.15, 0.2) is 0 Å². The van der Waals surface area contributed by atoms with Crippen molar-refractivity contribution in [1.82, 2.24) is 15.2 Å². The van der Waals surface area contributed by atoms with Crippen LogP contribution in [0.3, 0.4) is 0 Å². The largest absolute Gasteiger partial charge is 0.492 e. The molecule has 6 nitrogen and oxygen atoms in total. The summed E-state index contributed by atoms with van der Waals surface area (Å²) in [6.45, 7) is 8.29. The molecular weight excluding hydrogens is 366 g/mol. The van der Waals surface area contributed by atoms with E-state index in [9.17, 15) is 4.79 Å². The lowest BCUT2D eigenvalue weighted by Gasteiger charge is -2.24. The van der Waals surface area contributed by atoms with Gasteiger partial charge in [-0.3, -0.25) is 4.98 Å². The number of halogens is 1. The Hall–Kier alpha value is -2.05. The van der Waals surface area contributed by atoms with Gasteiger partial charge in [0, 0.05) is 37.8 Å². The smallest absolute Gasteiger partial charge is 0.410 e. The van der Waals surface area contributed by atoms with Crippen molar-refractivity contribution in [3.8, 4) is 5.75 Å². The molecule has 0 unspecified atom stereocenters. The topological polar surface area (TPSA) is 63.7 Å². The van der Waals surface area contributed by atoms with Gasteiger partial charge in [0.1, 0.15) is 18.0 Å². The third-order valence-corrected chi connectivity index (χ3v) is 4.09. The average molecular weight is 394 g/mol. The molecule has 0 radical (unpaired) electrons. The van der Waals surface area contributed by atoms with Crippen LogP contribution in [0.4, 0.5) is 4.79 Å². The summed E-state index contributed by atoms with van der Waals surface area (Å²) < 4.78 is 11.1. The van der Waals surface area contributed by atoms with Crippen molar-refractivity contribution in [3.63, 3.8) is 0 Å². The van der Waals surface area contributed by atoms with Gasteiger partial charge in [-0.25, -0.2) is 4.79 Å². The number of fused-ring (bicyclic) bond motifs is 1. The van der Waals surface area contributed by atoms with E-state index < -0.39 is 5.60 Å². The first-order valence-electron chi connectivity index (χ1n) is 9.08. The van der Waals surface area contributed by atoms with E-state index in [1.165, 1.54) is 0 Å². The van der Waals surface area contributed by atoms with E-state index in [1.807, 2.05) is 39.0 Å². The van der Waals surface area contributed by atoms with Crippen LogP contribution in [0.1, 0.15) is 27.2 Å². The highest BCUT2D eigenvalue weighted by molar-refractivity contribution is 6.35. The third-order valence-electron chi connectivity index (χ3n) is 3.76. The van der Waals surface area contributed by atoms with Crippen LogP contribution in [0.25, 0.3) is 10.9 Å². The minimum absolute atomic E-state index is 0.296. The van der Waals surface area contributed by atoms with Gasteiger partial charge in [-0.15, -0.1) is 0 Å². The predicted octanol–water partition coefficient (Wildman–Crippen LogP) is 4.11. The molecule has 0 saturated heterocycles. The Morgan fingerprint density at radius 3 is 2.78 bits per heavy atom. The summed E-state index contributed by atoms with van der Waals surface area (Å²) in [6, 6.07) is 7.47. The van der Waals surface area contributed by atoms with Gasteiger partial charge in [0.2, 0.25) is 0 Å². The number of nitrogens with one attached hydrogen (secondary N) is 1. The Morgan fingerprint density at radius 2 is 2.04 bits per heavy atom. The summed E-state index contributed by atoms with van der Waals surface area (Å²) in [5.41, 5.74) is 0.350. The highest BCUT2D eigenvalue weighted by Gasteiger charge is 2.18. The monoisotopic (exact) mass is 393 g/mol. The van der Waals surface area contributed by atoms with E-state index >= 15 is 0 Å². The molecule has 27 heavy (non-hydrogen) atoms. The van der Waals surface area contributed by atoms with E-state index in [2.05, 4.69) is 10.3 Å². The second kappa shape index (κ2) is 9.76. The lowest BCUT2D eigenvalue weighted by Crippen LogP contribution is -2.35. The SMILES string of the molecule is CN(CCCNCCOc1ccc2c(Cl)ccnc2c1)C(=O)OC(C)(C)C. The van der Waals surface area contributed by atoms with E-state index in [1.54, 1.807) is 24.2 Å². The number of benzene rings is 1. The molecule has 0 spiro atoms. The van der Waals surface area contributed by atoms with Crippen molar-refractivity contribution in [1.29, 1.82) is 0 Å². The van der Waals surface area contributed by atoms with Crippen LogP contribution in [0.15, 0.2) is 30.5 Å². The minimum Gasteiger partial charge on any atom is -0.492 e. The van der Waals surface area contributed by atoms with Crippen molar-refractivity contribution in [2.75, 3.05) is 33.3 Å². The van der Waals surface area contributed by atoms with Gasteiger partial charge in [-0.1, -0.05) is 11.6 Å². The molecular formula is C20H28ClN3O3. The second-order valence-corrected chi connectivity index (χ2v) is 7.73. The summed E-state index contributed by atoms with van der Waals surface area (Å²) in [7, 11) is 1.75. The number of aromatic nitrogens is 1. The normalized spacial score (nSPS) is 11.4. The lowest BCUT2D eigenvalue weighted by atomic mass is 10.2. The first-order valence-corrected chi connectivity index (χ1v) is 9.46. The number of pyridine rings is 1. The number of carbonyl (C=O) groups excluding carboxylic acids is 1. The summed E-state index contributed by atoms with van der Waals surface area (Å²) in [6.07, 6.45) is 2.23. The van der Waals surface area contributed by atoms with E-state index in [0.717, 1.165) is 36.2 Å². The van der Waals surface area contributed by atoms with Crippen molar-refractivity contribution >= 4 is 28.6 Å². The van der Waals surface area contributed by atoms with Gasteiger partial charge >= 0.3 is 6.09 Å². The van der Waals surface area contributed by atoms with E-state index in [0.29, 0.717) is 18.2 Å². The molecule has 1 amide bonds. The van der Waals surface area contributed by atoms with Gasteiger partial charge in [-0.2, -0.15) is 0 Å². The molecule has 1 aromatic heterocycles. The summed E-state index contributed by atoms with van der Waals surface area (Å²) in [5.74, 6) is 0.767. The van der Waals surface area contributed by atoms with Crippen LogP contribution in [-0.2, 0) is 4.74 Å². The van der Waals surface area contributed by atoms with Crippen LogP contribution >= 0.6 is 11.6 Å². The van der Waals surface area contributed by atoms with E-state index in [4.69, 9.17) is 21.1 Å². The van der Waals surface area contributed by atoms with Crippen molar-refractivity contribution in [3.05, 3.63) is 35.5 Å². The van der Waals surface area contributed by atoms with Crippen LogP contribution in [0.2, 0.25) is 5.02 Å². The Bertz CT molecular complexity index is 762. The van der Waals surface area contributed by atoms with Crippen LogP contribution in [0, 0.1) is 0 Å². The first-order chi connectivity index (χ1) is 12.8. The van der Waals surface area contributed by atoms with E-state index in [-0.39, 0.29) is 6.09 Å². The summed E-state index contributed by atoms with van der Waals surface area (Å²) >= 11 is 6.13. The molecule has 0 saturated carbocycles. The Labute approximate surface area is 165 Å². The molecule has 0 aliphatic heterocycles. The fraction of sp³-hybridized carbons (Fsp3) is 0.500. The van der Waals surface area contributed by atoms with Crippen LogP contribution < -0.4 is 10.1 Å². The molecule has 2 aromatic rings. The molecule has 1 heterocycles. The first kappa shape index (κ1) is 21.3. The summed E-state index contributed by atoms with van der Waals surface area (Å²) in [4.78, 5) is 17.7. The fourth-order valence-electron chi connectivity index (χ4n) is 2.42. The maximum absolute atomic E-state index is 11.8. The molecule has 0 atom stereocenters. The second-order valence-electron chi connectivity index (χ2n) is 7.33. The summed E-state index contributed by atoms with van der Waals surface area (Å²) in [5, 5.41) is 4.90. The predicted molar refractivity (Wildman–Crippen MR) is 109 cm³/mol. The standard InChI is InChI=1S/C20H28ClN3O3/c1-20(2,3)27-19(25)24(4)12-5-9-22-11-13-26-15-6-7-16-17(21)8-10-23-18(16)14-15/h6-8,10,14,22H,5,9,11-13H2,1-4H3. The van der Waals surface area contributed by atoms with Crippen molar-refractivity contribution < 1.29 is 14.3 Å². The molecule has 0 fully saturated rings.